The molecule has 0 atom stereocenters. The molecule has 0 N–H and O–H groups in total. The zero-order chi connectivity index (χ0) is 14.0. The van der Waals surface area contributed by atoms with Gasteiger partial charge < -0.3 is 4.74 Å². The normalized spacial score (nSPS) is 10.6. The van der Waals surface area contributed by atoms with Crippen molar-refractivity contribution in [2.24, 2.45) is 0 Å². The molecule has 100 valence electrons. The van der Waals surface area contributed by atoms with Gasteiger partial charge >= 0.3 is 0 Å². The van der Waals surface area contributed by atoms with Gasteiger partial charge in [0.05, 0.1) is 15.1 Å². The van der Waals surface area contributed by atoms with Gasteiger partial charge in [0.2, 0.25) is 5.88 Å². The topological polar surface area (TPSA) is 22.1 Å². The first-order chi connectivity index (χ1) is 9.01. The van der Waals surface area contributed by atoms with Crippen LogP contribution in [0.25, 0.3) is 0 Å². The van der Waals surface area contributed by atoms with Gasteiger partial charge in [0.1, 0.15) is 5.75 Å². The molecule has 0 aliphatic rings. The highest BCUT2D eigenvalue weighted by Gasteiger charge is 2.09. The standard InChI is InChI=1S/C13H9Cl4NO/c1-7-8(6-14)2-3-13(18-7)19-12-5-10(16)9(15)4-11(12)17/h2-5H,6H2,1H3. The number of halogens is 4. The monoisotopic (exact) mass is 335 g/mol. The number of aromatic nitrogens is 1. The van der Waals surface area contributed by atoms with Crippen LogP contribution < -0.4 is 4.74 Å². The van der Waals surface area contributed by atoms with Gasteiger partial charge in [-0.2, -0.15) is 0 Å². The van der Waals surface area contributed by atoms with Crippen LogP contribution in [0.15, 0.2) is 24.3 Å². The van der Waals surface area contributed by atoms with E-state index >= 15 is 0 Å². The number of ether oxygens (including phenoxy) is 1. The number of hydrogen-bond acceptors (Lipinski definition) is 2. The van der Waals surface area contributed by atoms with Crippen LogP contribution in [-0.2, 0) is 5.88 Å². The van der Waals surface area contributed by atoms with Gasteiger partial charge in [-0.1, -0.05) is 40.9 Å². The molecular weight excluding hydrogens is 328 g/mol. The fourth-order valence-corrected chi connectivity index (χ4v) is 2.32. The van der Waals surface area contributed by atoms with Gasteiger partial charge in [-0.25, -0.2) is 4.98 Å². The van der Waals surface area contributed by atoms with E-state index in [1.807, 2.05) is 13.0 Å². The van der Waals surface area contributed by atoms with Crippen molar-refractivity contribution in [3.8, 4) is 11.6 Å². The van der Waals surface area contributed by atoms with Crippen LogP contribution in [0, 0.1) is 6.92 Å². The molecule has 1 aromatic heterocycles. The molecule has 19 heavy (non-hydrogen) atoms. The Morgan fingerprint density at radius 3 is 2.37 bits per heavy atom. The Labute approximate surface area is 131 Å². The third kappa shape index (κ3) is 3.46. The molecule has 0 aliphatic heterocycles. The van der Waals surface area contributed by atoms with Gasteiger partial charge in [-0.05, 0) is 18.6 Å². The maximum atomic E-state index is 6.03. The van der Waals surface area contributed by atoms with Crippen LogP contribution in [-0.4, -0.2) is 4.98 Å². The quantitative estimate of drug-likeness (QED) is 0.515. The highest BCUT2D eigenvalue weighted by Crippen LogP contribution is 2.36. The van der Waals surface area contributed by atoms with Crippen LogP contribution in [0.5, 0.6) is 11.6 Å². The van der Waals surface area contributed by atoms with E-state index in [0.717, 1.165) is 11.3 Å². The zero-order valence-corrected chi connectivity index (χ0v) is 12.9. The Hall–Kier alpha value is -0.670. The molecule has 6 heteroatoms. The second-order valence-electron chi connectivity index (χ2n) is 3.83. The van der Waals surface area contributed by atoms with Crippen LogP contribution in [0.3, 0.4) is 0 Å². The highest BCUT2D eigenvalue weighted by molar-refractivity contribution is 6.43. The Bertz CT molecular complexity index is 616. The molecule has 2 aromatic rings. The molecule has 0 unspecified atom stereocenters. The smallest absolute Gasteiger partial charge is 0.219 e. The SMILES string of the molecule is Cc1nc(Oc2cc(Cl)c(Cl)cc2Cl)ccc1CCl. The number of pyridine rings is 1. The van der Waals surface area contributed by atoms with Gasteiger partial charge in [-0.3, -0.25) is 0 Å². The molecule has 0 spiro atoms. The van der Waals surface area contributed by atoms with E-state index in [1.54, 1.807) is 12.1 Å². The summed E-state index contributed by atoms with van der Waals surface area (Å²) in [6.45, 7) is 1.86. The molecule has 2 rings (SSSR count). The number of alkyl halides is 1. The lowest BCUT2D eigenvalue weighted by atomic mass is 10.2. The molecule has 0 aliphatic carbocycles. The van der Waals surface area contributed by atoms with Crippen molar-refractivity contribution in [2.45, 2.75) is 12.8 Å². The maximum Gasteiger partial charge on any atom is 0.219 e. The largest absolute Gasteiger partial charge is 0.437 e. The van der Waals surface area contributed by atoms with Crippen molar-refractivity contribution in [2.75, 3.05) is 0 Å². The van der Waals surface area contributed by atoms with Crippen LogP contribution in [0.2, 0.25) is 15.1 Å². The molecule has 1 aromatic carbocycles. The number of nitrogens with zero attached hydrogens (tertiary/aromatic N) is 1. The molecule has 0 bridgehead atoms. The number of hydrogen-bond donors (Lipinski definition) is 0. The Kier molecular flexibility index (Phi) is 4.80. The second kappa shape index (κ2) is 6.19. The predicted molar refractivity (Wildman–Crippen MR) is 80.1 cm³/mol. The fourth-order valence-electron chi connectivity index (χ4n) is 1.46. The van der Waals surface area contributed by atoms with Gasteiger partial charge in [0.15, 0.2) is 0 Å². The van der Waals surface area contributed by atoms with E-state index in [1.165, 1.54) is 6.07 Å². The number of aryl methyl sites for hydroxylation is 1. The molecule has 0 fully saturated rings. The summed E-state index contributed by atoms with van der Waals surface area (Å²) < 4.78 is 5.60. The summed E-state index contributed by atoms with van der Waals surface area (Å²) in [5, 5.41) is 1.12. The maximum absolute atomic E-state index is 6.03. The van der Waals surface area contributed by atoms with E-state index in [0.29, 0.717) is 32.6 Å². The van der Waals surface area contributed by atoms with E-state index in [4.69, 9.17) is 51.1 Å². The van der Waals surface area contributed by atoms with Crippen LogP contribution in [0.4, 0.5) is 0 Å². The number of rotatable bonds is 3. The zero-order valence-electron chi connectivity index (χ0n) is 9.88. The van der Waals surface area contributed by atoms with Crippen LogP contribution in [0.1, 0.15) is 11.3 Å². The Morgan fingerprint density at radius 2 is 1.74 bits per heavy atom. The molecule has 0 radical (unpaired) electrons. The average Bonchev–Trinajstić information content (AvgIpc) is 2.36. The molecule has 0 saturated heterocycles. The van der Waals surface area contributed by atoms with E-state index in [9.17, 15) is 0 Å². The summed E-state index contributed by atoms with van der Waals surface area (Å²) >= 11 is 23.6. The van der Waals surface area contributed by atoms with Gasteiger partial charge in [0, 0.05) is 23.7 Å². The first kappa shape index (κ1) is 14.7. The summed E-state index contributed by atoms with van der Waals surface area (Å²) in [5.74, 6) is 1.24. The second-order valence-corrected chi connectivity index (χ2v) is 5.32. The molecule has 1 heterocycles. The molecular formula is C13H9Cl4NO. The molecule has 0 amide bonds. The Morgan fingerprint density at radius 1 is 1.05 bits per heavy atom. The lowest BCUT2D eigenvalue weighted by Gasteiger charge is -2.09. The third-order valence-corrected chi connectivity index (χ3v) is 3.81. The van der Waals surface area contributed by atoms with Crippen molar-refractivity contribution >= 4 is 46.4 Å². The van der Waals surface area contributed by atoms with Crippen molar-refractivity contribution in [3.63, 3.8) is 0 Å². The summed E-state index contributed by atoms with van der Waals surface area (Å²) in [7, 11) is 0. The highest BCUT2D eigenvalue weighted by atomic mass is 35.5. The number of benzene rings is 1. The van der Waals surface area contributed by atoms with Crippen LogP contribution >= 0.6 is 46.4 Å². The van der Waals surface area contributed by atoms with Crippen molar-refractivity contribution in [1.29, 1.82) is 0 Å². The first-order valence-corrected chi connectivity index (χ1v) is 7.03. The minimum Gasteiger partial charge on any atom is -0.437 e. The average molecular weight is 337 g/mol. The summed E-state index contributed by atoms with van der Waals surface area (Å²) in [6.07, 6.45) is 0. The van der Waals surface area contributed by atoms with Crippen molar-refractivity contribution < 1.29 is 4.74 Å². The molecule has 0 saturated carbocycles. The van der Waals surface area contributed by atoms with E-state index in [2.05, 4.69) is 4.98 Å². The molecule has 2 nitrogen and oxygen atoms in total. The van der Waals surface area contributed by atoms with E-state index in [-0.39, 0.29) is 0 Å². The first-order valence-electron chi connectivity index (χ1n) is 5.36. The summed E-state index contributed by atoms with van der Waals surface area (Å²) in [4.78, 5) is 4.29. The lowest BCUT2D eigenvalue weighted by molar-refractivity contribution is 0.461. The Balaban J connectivity index is 2.31. The third-order valence-electron chi connectivity index (χ3n) is 2.50. The fraction of sp³-hybridized carbons (Fsp3) is 0.154. The lowest BCUT2D eigenvalue weighted by Crippen LogP contribution is -1.94. The van der Waals surface area contributed by atoms with Gasteiger partial charge in [0.25, 0.3) is 0 Å². The van der Waals surface area contributed by atoms with Gasteiger partial charge in [-0.15, -0.1) is 11.6 Å². The summed E-state index contributed by atoms with van der Waals surface area (Å²) in [5.41, 5.74) is 1.76. The minimum absolute atomic E-state index is 0.371. The summed E-state index contributed by atoms with van der Waals surface area (Å²) in [6, 6.07) is 6.67. The minimum atomic E-state index is 0.371. The van der Waals surface area contributed by atoms with Crippen molar-refractivity contribution in [3.05, 3.63) is 50.6 Å². The van der Waals surface area contributed by atoms with Crippen molar-refractivity contribution in [1.82, 2.24) is 4.98 Å². The van der Waals surface area contributed by atoms with E-state index < -0.39 is 0 Å². The predicted octanol–water partition coefficient (Wildman–Crippen LogP) is 5.88.